The summed E-state index contributed by atoms with van der Waals surface area (Å²) in [4.78, 5) is 27.2. The zero-order valence-electron chi connectivity index (χ0n) is 18.9. The number of nitrogens with one attached hydrogen (secondary N) is 2. The van der Waals surface area contributed by atoms with Crippen LogP contribution in [0.2, 0.25) is 0 Å². The van der Waals surface area contributed by atoms with Crippen molar-refractivity contribution >= 4 is 33.8 Å². The van der Waals surface area contributed by atoms with Gasteiger partial charge in [-0.05, 0) is 61.9 Å². The van der Waals surface area contributed by atoms with Gasteiger partial charge in [0.25, 0.3) is 11.8 Å². The minimum atomic E-state index is -0.297. The number of amides is 2. The van der Waals surface area contributed by atoms with Crippen LogP contribution >= 0.6 is 11.3 Å². The Morgan fingerprint density at radius 2 is 1.79 bits per heavy atom. The molecule has 4 rings (SSSR count). The number of benzene rings is 2. The Balaban J connectivity index is 1.56. The molecule has 2 aromatic carbocycles. The summed E-state index contributed by atoms with van der Waals surface area (Å²) in [7, 11) is 0. The number of rotatable bonds is 8. The minimum Gasteiger partial charge on any atom is -0.492 e. The van der Waals surface area contributed by atoms with E-state index < -0.39 is 0 Å². The number of para-hydroxylation sites is 3. The van der Waals surface area contributed by atoms with Gasteiger partial charge in [0, 0.05) is 4.88 Å². The van der Waals surface area contributed by atoms with E-state index in [2.05, 4.69) is 17.6 Å². The molecule has 2 amide bonds. The first-order valence-corrected chi connectivity index (χ1v) is 12.0. The molecule has 1 aliphatic rings. The first-order valence-electron chi connectivity index (χ1n) is 11.2. The summed E-state index contributed by atoms with van der Waals surface area (Å²) in [6, 6.07) is 16.6. The van der Waals surface area contributed by atoms with E-state index >= 15 is 0 Å². The van der Waals surface area contributed by atoms with Crippen LogP contribution in [0.5, 0.6) is 11.5 Å². The molecule has 0 aliphatic heterocycles. The standard InChI is InChI=1S/C26H28N2O4S/c1-3-31-21-12-8-7-11-20(21)27-25(30)24-19-14-13-17(2)15-22(19)33-26(24)28-23(29)16-32-18-9-5-4-6-10-18/h4-12,17H,3,13-16H2,1-2H3,(H,27,30)(H,28,29)/t17-/m0/s1. The fraction of sp³-hybridized carbons (Fsp3) is 0.308. The molecule has 1 aliphatic carbocycles. The second-order valence-electron chi connectivity index (χ2n) is 8.09. The van der Waals surface area contributed by atoms with E-state index in [4.69, 9.17) is 9.47 Å². The van der Waals surface area contributed by atoms with Crippen LogP contribution in [0.25, 0.3) is 0 Å². The Morgan fingerprint density at radius 3 is 2.58 bits per heavy atom. The van der Waals surface area contributed by atoms with Crippen molar-refractivity contribution in [2.75, 3.05) is 23.8 Å². The van der Waals surface area contributed by atoms with Gasteiger partial charge in [0.1, 0.15) is 16.5 Å². The van der Waals surface area contributed by atoms with Gasteiger partial charge < -0.3 is 20.1 Å². The molecule has 172 valence electrons. The summed E-state index contributed by atoms with van der Waals surface area (Å²) < 4.78 is 11.2. The number of ether oxygens (including phenoxy) is 2. The van der Waals surface area contributed by atoms with E-state index in [0.717, 1.165) is 29.7 Å². The van der Waals surface area contributed by atoms with Gasteiger partial charge in [-0.1, -0.05) is 37.3 Å². The Morgan fingerprint density at radius 1 is 1.03 bits per heavy atom. The molecule has 1 heterocycles. The van der Waals surface area contributed by atoms with Crippen LogP contribution in [-0.4, -0.2) is 25.0 Å². The molecule has 1 aromatic heterocycles. The molecule has 6 nitrogen and oxygen atoms in total. The summed E-state index contributed by atoms with van der Waals surface area (Å²) >= 11 is 1.49. The molecule has 0 radical (unpaired) electrons. The normalized spacial score (nSPS) is 14.8. The lowest BCUT2D eigenvalue weighted by Gasteiger charge is -2.19. The summed E-state index contributed by atoms with van der Waals surface area (Å²) in [5.74, 6) is 1.25. The van der Waals surface area contributed by atoms with Crippen LogP contribution in [0.15, 0.2) is 54.6 Å². The average molecular weight is 465 g/mol. The minimum absolute atomic E-state index is 0.128. The molecule has 0 saturated heterocycles. The number of anilines is 2. The zero-order chi connectivity index (χ0) is 23.2. The highest BCUT2D eigenvalue weighted by atomic mass is 32.1. The smallest absolute Gasteiger partial charge is 0.262 e. The molecule has 2 N–H and O–H groups in total. The fourth-order valence-corrected chi connectivity index (χ4v) is 5.37. The molecule has 1 atom stereocenters. The van der Waals surface area contributed by atoms with Gasteiger partial charge >= 0.3 is 0 Å². The molecule has 7 heteroatoms. The van der Waals surface area contributed by atoms with Gasteiger partial charge in [0.15, 0.2) is 6.61 Å². The SMILES string of the molecule is CCOc1ccccc1NC(=O)c1c(NC(=O)COc2ccccc2)sc2c1CC[C@H](C)C2. The van der Waals surface area contributed by atoms with Crippen molar-refractivity contribution in [2.24, 2.45) is 5.92 Å². The largest absolute Gasteiger partial charge is 0.492 e. The number of thiophene rings is 1. The third kappa shape index (κ3) is 5.54. The molecule has 33 heavy (non-hydrogen) atoms. The summed E-state index contributed by atoms with van der Waals surface area (Å²) in [6.07, 6.45) is 2.75. The molecule has 0 spiro atoms. The third-order valence-electron chi connectivity index (χ3n) is 5.54. The Labute approximate surface area is 197 Å². The van der Waals surface area contributed by atoms with E-state index in [-0.39, 0.29) is 18.4 Å². The van der Waals surface area contributed by atoms with E-state index in [1.807, 2.05) is 49.4 Å². The Bertz CT molecular complexity index is 1130. The second kappa shape index (κ2) is 10.5. The van der Waals surface area contributed by atoms with Crippen molar-refractivity contribution in [3.8, 4) is 11.5 Å². The van der Waals surface area contributed by atoms with Gasteiger partial charge in [0.2, 0.25) is 0 Å². The molecular weight excluding hydrogens is 436 g/mol. The van der Waals surface area contributed by atoms with Gasteiger partial charge in [-0.3, -0.25) is 9.59 Å². The quantitative estimate of drug-likeness (QED) is 0.459. The lowest BCUT2D eigenvalue weighted by molar-refractivity contribution is -0.118. The van der Waals surface area contributed by atoms with E-state index in [0.29, 0.717) is 40.3 Å². The molecule has 0 unspecified atom stereocenters. The van der Waals surface area contributed by atoms with Crippen molar-refractivity contribution in [2.45, 2.75) is 33.1 Å². The number of hydrogen-bond acceptors (Lipinski definition) is 5. The van der Waals surface area contributed by atoms with Gasteiger partial charge in [0.05, 0.1) is 17.9 Å². The number of fused-ring (bicyclic) bond motifs is 1. The van der Waals surface area contributed by atoms with E-state index in [9.17, 15) is 9.59 Å². The van der Waals surface area contributed by atoms with Crippen LogP contribution in [0.1, 0.15) is 41.1 Å². The first-order chi connectivity index (χ1) is 16.0. The second-order valence-corrected chi connectivity index (χ2v) is 9.19. The lowest BCUT2D eigenvalue weighted by Crippen LogP contribution is -2.22. The summed E-state index contributed by atoms with van der Waals surface area (Å²) in [5, 5.41) is 6.48. The Kier molecular flexibility index (Phi) is 7.29. The highest BCUT2D eigenvalue weighted by Crippen LogP contribution is 2.40. The third-order valence-corrected chi connectivity index (χ3v) is 6.71. The van der Waals surface area contributed by atoms with Gasteiger partial charge in [-0.15, -0.1) is 11.3 Å². The van der Waals surface area contributed by atoms with Crippen molar-refractivity contribution in [1.29, 1.82) is 0 Å². The van der Waals surface area contributed by atoms with Crippen LogP contribution in [-0.2, 0) is 17.6 Å². The molecule has 0 bridgehead atoms. The summed E-state index contributed by atoms with van der Waals surface area (Å²) in [5.41, 5.74) is 2.18. The lowest BCUT2D eigenvalue weighted by atomic mass is 9.88. The van der Waals surface area contributed by atoms with Gasteiger partial charge in [-0.25, -0.2) is 0 Å². The topological polar surface area (TPSA) is 76.7 Å². The molecular formula is C26H28N2O4S. The van der Waals surface area contributed by atoms with Crippen LogP contribution in [0.3, 0.4) is 0 Å². The maximum absolute atomic E-state index is 13.4. The van der Waals surface area contributed by atoms with Crippen molar-refractivity contribution in [3.05, 3.63) is 70.6 Å². The Hall–Kier alpha value is -3.32. The van der Waals surface area contributed by atoms with E-state index in [1.54, 1.807) is 12.1 Å². The zero-order valence-corrected chi connectivity index (χ0v) is 19.7. The molecule has 0 fully saturated rings. The van der Waals surface area contributed by atoms with E-state index in [1.165, 1.54) is 11.3 Å². The van der Waals surface area contributed by atoms with Crippen LogP contribution < -0.4 is 20.1 Å². The van der Waals surface area contributed by atoms with Crippen LogP contribution in [0, 0.1) is 5.92 Å². The number of hydrogen-bond donors (Lipinski definition) is 2. The fourth-order valence-electron chi connectivity index (χ4n) is 3.94. The maximum atomic E-state index is 13.4. The predicted octanol–water partition coefficient (Wildman–Crippen LogP) is 5.54. The van der Waals surface area contributed by atoms with Crippen molar-refractivity contribution in [3.63, 3.8) is 0 Å². The summed E-state index contributed by atoms with van der Waals surface area (Å²) in [6.45, 7) is 4.49. The van der Waals surface area contributed by atoms with Crippen molar-refractivity contribution < 1.29 is 19.1 Å². The molecule has 0 saturated carbocycles. The monoisotopic (exact) mass is 464 g/mol. The first kappa shape index (κ1) is 22.9. The maximum Gasteiger partial charge on any atom is 0.262 e. The highest BCUT2D eigenvalue weighted by Gasteiger charge is 2.29. The van der Waals surface area contributed by atoms with Crippen molar-refractivity contribution in [1.82, 2.24) is 0 Å². The number of carbonyl (C=O) groups is 2. The van der Waals surface area contributed by atoms with Crippen LogP contribution in [0.4, 0.5) is 10.7 Å². The highest BCUT2D eigenvalue weighted by molar-refractivity contribution is 7.17. The predicted molar refractivity (Wildman–Crippen MR) is 132 cm³/mol. The number of carbonyl (C=O) groups excluding carboxylic acids is 2. The molecule has 3 aromatic rings. The average Bonchev–Trinajstić information content (AvgIpc) is 3.16. The van der Waals surface area contributed by atoms with Gasteiger partial charge in [-0.2, -0.15) is 0 Å².